The minimum absolute atomic E-state index is 0.0335. The van der Waals surface area contributed by atoms with Crippen molar-refractivity contribution < 1.29 is 9.53 Å². The van der Waals surface area contributed by atoms with Gasteiger partial charge in [0.2, 0.25) is 5.78 Å². The van der Waals surface area contributed by atoms with E-state index in [0.717, 1.165) is 173 Å². The summed E-state index contributed by atoms with van der Waals surface area (Å²) in [6, 6.07) is 0. The summed E-state index contributed by atoms with van der Waals surface area (Å²) in [6.45, 7) is 73.2. The van der Waals surface area contributed by atoms with Gasteiger partial charge in [-0.05, 0) is 177 Å². The Kier molecular flexibility index (Phi) is 61.5. The molecule has 2 aliphatic rings. The predicted molar refractivity (Wildman–Crippen MR) is 590 cm³/mol. The second kappa shape index (κ2) is 64.0. The third-order valence-electron chi connectivity index (χ3n) is 23.8. The van der Waals surface area contributed by atoms with Gasteiger partial charge < -0.3 is 60.3 Å². The minimum atomic E-state index is 0.0335. The van der Waals surface area contributed by atoms with E-state index in [1.807, 2.05) is 11.9 Å². The molecule has 0 heterocycles. The molecule has 0 bridgehead atoms. The largest absolute Gasteiger partial charge is 0.383 e. The number of likely N-dealkylation sites (N-methyl/N-ethyl adjacent to an activating group) is 1. The van der Waals surface area contributed by atoms with Gasteiger partial charge in [0, 0.05) is 123 Å². The van der Waals surface area contributed by atoms with Crippen molar-refractivity contribution in [1.82, 2.24) is 24.9 Å². The van der Waals surface area contributed by atoms with Crippen LogP contribution in [0.25, 0.3) is 0 Å². The lowest BCUT2D eigenvalue weighted by molar-refractivity contribution is -0.114. The highest BCUT2D eigenvalue weighted by molar-refractivity contribution is 7.85. The molecule has 0 amide bonds. The molecule has 3 aromatic carbocycles. The number of methoxy groups -OCH3 is 1. The SMILES string of the molecule is C=C1C(=O)C(N(C)CCCC(C)(C)C)=C1S.C=C1C(=S)C(N(C)CCCC(C)(C)C)=C1NC(C)(C)C.CCCCCCCCN(CCCCCCCC)CCCNc1c(N(C)CCCC(C)(C)C)c(=S)c1=S.CCCCCCCCN(CCCCCCCC)CCNc1c(N(C)CCCC(C)(C)C)c(=S)c1=S.COCCNc1c(N(C)CCCC(C)(C)C)c(=S)c1=S. The van der Waals surface area contributed by atoms with Gasteiger partial charge in [-0.1, -0.05) is 359 Å². The van der Waals surface area contributed by atoms with Crippen LogP contribution in [-0.4, -0.2) is 176 Å². The molecular formula is C106H193N11O2S8. The molecule has 732 valence electrons. The van der Waals surface area contributed by atoms with Crippen LogP contribution in [0.4, 0.5) is 34.1 Å². The lowest BCUT2D eigenvalue weighted by atomic mass is 9.89. The van der Waals surface area contributed by atoms with E-state index in [9.17, 15) is 4.79 Å². The first-order valence-electron chi connectivity index (χ1n) is 50.0. The molecule has 13 nitrogen and oxygen atoms in total. The fourth-order valence-electron chi connectivity index (χ4n) is 15.9. The van der Waals surface area contributed by atoms with Crippen molar-refractivity contribution in [3.05, 3.63) is 73.4 Å². The summed E-state index contributed by atoms with van der Waals surface area (Å²) >= 11 is 42.9. The van der Waals surface area contributed by atoms with Crippen molar-refractivity contribution in [3.8, 4) is 0 Å². The van der Waals surface area contributed by atoms with Crippen LogP contribution in [-0.2, 0) is 9.53 Å². The summed E-state index contributed by atoms with van der Waals surface area (Å²) in [5.74, 6) is 0.0447. The van der Waals surface area contributed by atoms with Gasteiger partial charge in [-0.3, -0.25) is 4.79 Å². The van der Waals surface area contributed by atoms with Crippen LogP contribution in [0.1, 0.15) is 377 Å². The highest BCUT2D eigenvalue weighted by atomic mass is 32.1. The summed E-state index contributed by atoms with van der Waals surface area (Å²) in [6.07, 6.45) is 45.8. The molecule has 0 saturated carbocycles. The van der Waals surface area contributed by atoms with Crippen molar-refractivity contribution in [2.45, 2.75) is 383 Å². The zero-order chi connectivity index (χ0) is 96.5. The van der Waals surface area contributed by atoms with Crippen molar-refractivity contribution >= 4 is 143 Å². The van der Waals surface area contributed by atoms with Gasteiger partial charge in [-0.2, -0.15) is 0 Å². The van der Waals surface area contributed by atoms with Crippen molar-refractivity contribution in [1.29, 1.82) is 0 Å². The number of nitrogens with zero attached hydrogens (tertiary/aromatic N) is 7. The van der Waals surface area contributed by atoms with Crippen LogP contribution in [0.5, 0.6) is 0 Å². The van der Waals surface area contributed by atoms with E-state index in [-0.39, 0.29) is 11.3 Å². The summed E-state index contributed by atoms with van der Waals surface area (Å²) in [5, 5.41) is 14.2. The second-order valence-corrected chi connectivity index (χ2v) is 47.2. The number of hydrogen-bond acceptors (Lipinski definition) is 21. The molecule has 0 aliphatic heterocycles. The Labute approximate surface area is 825 Å². The Morgan fingerprint density at radius 3 is 0.882 bits per heavy atom. The maximum absolute atomic E-state index is 11.5. The average Bonchev–Trinajstić information content (AvgIpc) is 0.774. The number of ketones is 1. The van der Waals surface area contributed by atoms with Gasteiger partial charge in [0.1, 0.15) is 0 Å². The molecule has 4 N–H and O–H groups in total. The highest BCUT2D eigenvalue weighted by Gasteiger charge is 2.35. The van der Waals surface area contributed by atoms with Gasteiger partial charge in [0.25, 0.3) is 0 Å². The molecule has 0 unspecified atom stereocenters. The summed E-state index contributed by atoms with van der Waals surface area (Å²) in [5.41, 5.74) is 13.1. The molecule has 5 rings (SSSR count). The average molecular weight is 1910 g/mol. The van der Waals surface area contributed by atoms with Gasteiger partial charge in [-0.15, -0.1) is 12.6 Å². The number of thiocarbonyl (C=S) groups is 1. The van der Waals surface area contributed by atoms with Crippen molar-refractivity contribution in [3.63, 3.8) is 0 Å². The van der Waals surface area contributed by atoms with E-state index >= 15 is 0 Å². The Bertz CT molecular complexity index is 3870. The van der Waals surface area contributed by atoms with Crippen molar-refractivity contribution in [2.75, 3.05) is 171 Å². The normalized spacial score (nSPS) is 13.3. The van der Waals surface area contributed by atoms with Crippen LogP contribution in [0, 0.1) is 54.1 Å². The first-order valence-corrected chi connectivity index (χ1v) is 53.3. The number of rotatable bonds is 62. The van der Waals surface area contributed by atoms with Crippen LogP contribution in [0.2, 0.25) is 0 Å². The molecule has 0 atom stereocenters. The summed E-state index contributed by atoms with van der Waals surface area (Å²) in [7, 11) is 12.2. The number of unbranched alkanes of at least 4 members (excludes halogenated alkanes) is 20. The quantitative estimate of drug-likeness (QED) is 0.0160. The van der Waals surface area contributed by atoms with Gasteiger partial charge in [-0.25, -0.2) is 0 Å². The predicted octanol–water partition coefficient (Wildman–Crippen LogP) is 31.5. The third kappa shape index (κ3) is 51.4. The van der Waals surface area contributed by atoms with E-state index in [1.54, 1.807) is 7.11 Å². The smallest absolute Gasteiger partial charge is 0.210 e. The highest BCUT2D eigenvalue weighted by Crippen LogP contribution is 2.40. The first kappa shape index (κ1) is 122. The van der Waals surface area contributed by atoms with Crippen LogP contribution in [0.15, 0.2) is 46.3 Å². The van der Waals surface area contributed by atoms with Crippen molar-refractivity contribution in [2.24, 2.45) is 27.1 Å². The fourth-order valence-corrected chi connectivity index (χ4v) is 18.5. The number of thiol groups is 1. The lowest BCUT2D eigenvalue weighted by Gasteiger charge is -2.38. The third-order valence-corrected chi connectivity index (χ3v) is 27.5. The van der Waals surface area contributed by atoms with Gasteiger partial charge >= 0.3 is 0 Å². The van der Waals surface area contributed by atoms with Crippen LogP contribution >= 0.6 is 98.2 Å². The number of ether oxygens (including phenoxy) is 1. The lowest BCUT2D eigenvalue weighted by Crippen LogP contribution is -2.45. The van der Waals surface area contributed by atoms with E-state index in [0.29, 0.717) is 39.3 Å². The molecule has 0 spiro atoms. The number of nitrogens with one attached hydrogen (secondary N) is 4. The Morgan fingerprint density at radius 2 is 0.591 bits per heavy atom. The zero-order valence-corrected chi connectivity index (χ0v) is 93.6. The van der Waals surface area contributed by atoms with E-state index < -0.39 is 0 Å². The Hall–Kier alpha value is -3.09. The van der Waals surface area contributed by atoms with Crippen LogP contribution < -0.4 is 36.0 Å². The number of Topliss-reactive ketones (excluding diaryl/α,β-unsaturated/α-hetero) is 1. The summed E-state index contributed by atoms with van der Waals surface area (Å²) in [4.78, 5) is 29.7. The fraction of sp³-hybridized carbons (Fsp3) is 0.792. The zero-order valence-electron chi connectivity index (χ0n) is 87.0. The van der Waals surface area contributed by atoms with Gasteiger partial charge in [0.05, 0.1) is 89.7 Å². The molecule has 3 aromatic rings. The molecule has 2 aliphatic carbocycles. The second-order valence-electron chi connectivity index (χ2n) is 43.9. The summed E-state index contributed by atoms with van der Waals surface area (Å²) < 4.78 is 10.1. The molecule has 0 radical (unpaired) electrons. The molecular weight excluding hydrogens is 1720 g/mol. The van der Waals surface area contributed by atoms with Crippen LogP contribution in [0.3, 0.4) is 0 Å². The Balaban J connectivity index is 0.000000822. The number of carbonyl (C=O) groups excluding carboxylic acids is 1. The topological polar surface area (TPSA) is 97.1 Å². The number of carbonyl (C=O) groups is 1. The number of hydrogen-bond donors (Lipinski definition) is 5. The monoisotopic (exact) mass is 1910 g/mol. The molecule has 127 heavy (non-hydrogen) atoms. The van der Waals surface area contributed by atoms with E-state index in [2.05, 4.69) is 257 Å². The maximum Gasteiger partial charge on any atom is 0.210 e. The van der Waals surface area contributed by atoms with E-state index in [4.69, 9.17) is 90.3 Å². The first-order chi connectivity index (χ1) is 59.4. The Morgan fingerprint density at radius 1 is 0.323 bits per heavy atom. The number of allylic oxidation sites excluding steroid dienone is 4. The van der Waals surface area contributed by atoms with E-state index in [1.165, 1.54) is 237 Å². The molecule has 0 aromatic heterocycles. The van der Waals surface area contributed by atoms with Gasteiger partial charge in [0.15, 0.2) is 0 Å². The molecule has 0 fully saturated rings. The molecule has 0 saturated heterocycles. The maximum atomic E-state index is 11.5. The molecule has 21 heteroatoms. The number of anilines is 6. The minimum Gasteiger partial charge on any atom is -0.383 e. The standard InChI is InChI=1S/C31H59N3S2.C30H57N3S2.C17H30N2S.C15H26N2OS2.C13H21NOS/c1-7-9-11-13-15-17-24-34(25-18-16-14-12-10-8-2)26-20-22-32-27-28(30(36)29(27)35)33(6)23-19-21-31(3,4)5;1-7-9-11-13-15-17-23-33(24-18-16-14-12-10-8-2)25-21-31-26-27(29(35)28(26)34)32(6)22-19-20-30(3,4)5;1-12-13(18-17(5,6)7)14(15(12)20)19(8)11-9-10-16(2,3)4;1-15(2,3)7-6-9-17(4)12-11(13(19)14(12)20)16-8-10-18-5;1-9-11(15)10(12(9)16)14(5)8-6-7-13(2,3)4/h32H,7-26H2,1-6H3;31H,7-25H2,1-6H3;18H,1,9-11H2,2-8H3;16H,6-10H2,1-5H3;16H,1,6-8H2,2-5H3.